The third kappa shape index (κ3) is 4.28. The van der Waals surface area contributed by atoms with Crippen LogP contribution in [-0.4, -0.2) is 14.1 Å². The quantitative estimate of drug-likeness (QED) is 0.190. The molecule has 0 atom stereocenters. The lowest BCUT2D eigenvalue weighted by atomic mass is 9.98. The molecule has 0 N–H and O–H groups in total. The van der Waals surface area contributed by atoms with E-state index in [2.05, 4.69) is 167 Å². The molecule has 0 aliphatic heterocycles. The molecule has 3 heterocycles. The molecule has 0 spiro atoms. The third-order valence-corrected chi connectivity index (χ3v) is 9.53. The van der Waals surface area contributed by atoms with Crippen LogP contribution in [0.4, 0.5) is 0 Å². The van der Waals surface area contributed by atoms with Crippen molar-refractivity contribution in [3.05, 3.63) is 176 Å². The molecule has 0 aliphatic rings. The molecule has 49 heavy (non-hydrogen) atoms. The number of aromatic nitrogens is 3. The van der Waals surface area contributed by atoms with E-state index in [1.165, 1.54) is 0 Å². The van der Waals surface area contributed by atoms with Crippen LogP contribution in [-0.2, 0) is 0 Å². The highest BCUT2D eigenvalue weighted by Crippen LogP contribution is 2.46. The first kappa shape index (κ1) is 27.5. The van der Waals surface area contributed by atoms with Gasteiger partial charge in [-0.25, -0.2) is 4.98 Å². The van der Waals surface area contributed by atoms with Crippen LogP contribution in [0.1, 0.15) is 0 Å². The van der Waals surface area contributed by atoms with Crippen molar-refractivity contribution in [2.75, 3.05) is 0 Å². The molecule has 0 fully saturated rings. The van der Waals surface area contributed by atoms with Crippen molar-refractivity contribution < 1.29 is 4.42 Å². The second kappa shape index (κ2) is 11.0. The summed E-state index contributed by atoms with van der Waals surface area (Å²) in [5, 5.41) is 3.36. The van der Waals surface area contributed by atoms with Crippen LogP contribution in [0.15, 0.2) is 180 Å². The highest BCUT2D eigenvalue weighted by molar-refractivity contribution is 6.22. The van der Waals surface area contributed by atoms with Gasteiger partial charge in [0, 0.05) is 38.8 Å². The van der Waals surface area contributed by atoms with Gasteiger partial charge in [0.15, 0.2) is 0 Å². The maximum Gasteiger partial charge on any atom is 0.145 e. The maximum absolute atomic E-state index is 6.98. The summed E-state index contributed by atoms with van der Waals surface area (Å²) >= 11 is 0. The first-order chi connectivity index (χ1) is 24.3. The van der Waals surface area contributed by atoms with E-state index in [0.717, 1.165) is 89.0 Å². The minimum Gasteiger partial charge on any atom is -0.455 e. The number of furan rings is 1. The molecular formula is C45H29N3O. The Hall–Kier alpha value is -6.65. The summed E-state index contributed by atoms with van der Waals surface area (Å²) in [6.45, 7) is 0. The number of imidazole rings is 1. The smallest absolute Gasteiger partial charge is 0.145 e. The Balaban J connectivity index is 1.25. The second-order valence-electron chi connectivity index (χ2n) is 12.4. The van der Waals surface area contributed by atoms with Crippen LogP contribution < -0.4 is 0 Å². The summed E-state index contributed by atoms with van der Waals surface area (Å²) in [6, 6.07) is 61.7. The molecule has 7 aromatic carbocycles. The first-order valence-corrected chi connectivity index (χ1v) is 16.6. The molecule has 10 aromatic rings. The number of nitrogens with zero attached hydrogens (tertiary/aromatic N) is 3. The summed E-state index contributed by atoms with van der Waals surface area (Å²) in [6.07, 6.45) is 0. The third-order valence-electron chi connectivity index (χ3n) is 9.53. The fourth-order valence-electron chi connectivity index (χ4n) is 7.41. The topological polar surface area (TPSA) is 35.9 Å². The largest absolute Gasteiger partial charge is 0.455 e. The summed E-state index contributed by atoms with van der Waals surface area (Å²) in [7, 11) is 0. The van der Waals surface area contributed by atoms with Crippen molar-refractivity contribution in [1.82, 2.24) is 14.1 Å². The van der Waals surface area contributed by atoms with Crippen molar-refractivity contribution >= 4 is 43.8 Å². The molecule has 4 nitrogen and oxygen atoms in total. The molecule has 230 valence electrons. The lowest BCUT2D eigenvalue weighted by Gasteiger charge is -2.13. The Morgan fingerprint density at radius 3 is 1.80 bits per heavy atom. The SMILES string of the molecule is c1ccc(-c2oc3c(ccc4c3c3ccccc3n4-c3cccc(-n4c(-c5ccccc5)nc5ccccc54)c3)c2-c2ccccc2)cc1. The van der Waals surface area contributed by atoms with Gasteiger partial charge in [-0.3, -0.25) is 4.57 Å². The van der Waals surface area contributed by atoms with E-state index in [9.17, 15) is 0 Å². The molecule has 0 unspecified atom stereocenters. The second-order valence-corrected chi connectivity index (χ2v) is 12.4. The normalized spacial score (nSPS) is 11.7. The fourth-order valence-corrected chi connectivity index (χ4v) is 7.41. The Kier molecular flexibility index (Phi) is 6.15. The van der Waals surface area contributed by atoms with Crippen molar-refractivity contribution in [1.29, 1.82) is 0 Å². The number of para-hydroxylation sites is 3. The van der Waals surface area contributed by atoms with Crippen molar-refractivity contribution in [3.63, 3.8) is 0 Å². The lowest BCUT2D eigenvalue weighted by Crippen LogP contribution is -2.00. The molecule has 4 heteroatoms. The van der Waals surface area contributed by atoms with Gasteiger partial charge in [0.25, 0.3) is 0 Å². The summed E-state index contributed by atoms with van der Waals surface area (Å²) in [5.41, 5.74) is 11.7. The predicted octanol–water partition coefficient (Wildman–Crippen LogP) is 11.9. The minimum atomic E-state index is 0.883. The molecule has 0 bridgehead atoms. The van der Waals surface area contributed by atoms with E-state index in [1.807, 2.05) is 18.2 Å². The van der Waals surface area contributed by atoms with E-state index < -0.39 is 0 Å². The highest BCUT2D eigenvalue weighted by atomic mass is 16.3. The van der Waals surface area contributed by atoms with Gasteiger partial charge in [-0.2, -0.15) is 0 Å². The molecule has 0 amide bonds. The van der Waals surface area contributed by atoms with Crippen molar-refractivity contribution in [2.24, 2.45) is 0 Å². The van der Waals surface area contributed by atoms with E-state index in [-0.39, 0.29) is 0 Å². The summed E-state index contributed by atoms with van der Waals surface area (Å²) in [4.78, 5) is 5.09. The van der Waals surface area contributed by atoms with E-state index in [0.29, 0.717) is 0 Å². The van der Waals surface area contributed by atoms with Crippen molar-refractivity contribution in [3.8, 4) is 45.2 Å². The van der Waals surface area contributed by atoms with Gasteiger partial charge in [-0.15, -0.1) is 0 Å². The Labute approximate surface area is 282 Å². The van der Waals surface area contributed by atoms with Gasteiger partial charge in [0.05, 0.1) is 27.5 Å². The number of hydrogen-bond donors (Lipinski definition) is 0. The first-order valence-electron chi connectivity index (χ1n) is 16.6. The predicted molar refractivity (Wildman–Crippen MR) is 201 cm³/mol. The van der Waals surface area contributed by atoms with Crippen LogP contribution in [0.25, 0.3) is 89.0 Å². The fraction of sp³-hybridized carbons (Fsp3) is 0. The molecular weight excluding hydrogens is 599 g/mol. The minimum absolute atomic E-state index is 0.883. The lowest BCUT2D eigenvalue weighted by molar-refractivity contribution is 0.636. The molecule has 0 aliphatic carbocycles. The van der Waals surface area contributed by atoms with Gasteiger partial charge in [-0.05, 0) is 54.1 Å². The van der Waals surface area contributed by atoms with Gasteiger partial charge >= 0.3 is 0 Å². The standard InChI is InChI=1S/C45H29N3O/c1-4-15-30(16-5-1)41-36-27-28-40-42(44(36)49-43(41)31-17-6-2-7-18-31)35-23-10-12-25-38(35)47(40)33-21-14-22-34(29-33)48-39-26-13-11-24-37(39)46-45(48)32-19-8-3-9-20-32/h1-29H. The van der Waals surface area contributed by atoms with Crippen LogP contribution in [0.5, 0.6) is 0 Å². The zero-order valence-electron chi connectivity index (χ0n) is 26.5. The highest BCUT2D eigenvalue weighted by Gasteiger charge is 2.23. The Bertz CT molecular complexity index is 2810. The van der Waals surface area contributed by atoms with Crippen LogP contribution in [0.3, 0.4) is 0 Å². The number of rotatable bonds is 5. The molecule has 0 saturated heterocycles. The average molecular weight is 628 g/mol. The summed E-state index contributed by atoms with van der Waals surface area (Å²) in [5.74, 6) is 1.80. The van der Waals surface area contributed by atoms with Crippen LogP contribution in [0, 0.1) is 0 Å². The van der Waals surface area contributed by atoms with Crippen LogP contribution >= 0.6 is 0 Å². The van der Waals surface area contributed by atoms with E-state index in [4.69, 9.17) is 9.40 Å². The number of hydrogen-bond acceptors (Lipinski definition) is 2. The van der Waals surface area contributed by atoms with Crippen LogP contribution in [0.2, 0.25) is 0 Å². The molecule has 0 saturated carbocycles. The van der Waals surface area contributed by atoms with E-state index >= 15 is 0 Å². The van der Waals surface area contributed by atoms with Gasteiger partial charge in [0.1, 0.15) is 17.2 Å². The van der Waals surface area contributed by atoms with Gasteiger partial charge in [0.2, 0.25) is 0 Å². The summed E-state index contributed by atoms with van der Waals surface area (Å²) < 4.78 is 11.6. The van der Waals surface area contributed by atoms with E-state index in [1.54, 1.807) is 0 Å². The number of benzene rings is 7. The zero-order chi connectivity index (χ0) is 32.3. The maximum atomic E-state index is 6.98. The molecule has 3 aromatic heterocycles. The molecule has 10 rings (SSSR count). The van der Waals surface area contributed by atoms with Gasteiger partial charge in [-0.1, -0.05) is 127 Å². The van der Waals surface area contributed by atoms with Gasteiger partial charge < -0.3 is 8.98 Å². The van der Waals surface area contributed by atoms with Crippen molar-refractivity contribution in [2.45, 2.75) is 0 Å². The average Bonchev–Trinajstić information content (AvgIpc) is 3.86. The molecule has 0 radical (unpaired) electrons. The zero-order valence-corrected chi connectivity index (χ0v) is 26.5. The Morgan fingerprint density at radius 1 is 0.429 bits per heavy atom. The Morgan fingerprint density at radius 2 is 1.04 bits per heavy atom. The monoisotopic (exact) mass is 627 g/mol. The number of fused-ring (bicyclic) bond motifs is 6.